The van der Waals surface area contributed by atoms with Crippen molar-refractivity contribution >= 4 is 11.6 Å². The first-order valence-electron chi connectivity index (χ1n) is 6.84. The maximum Gasteiger partial charge on any atom is 0.238 e. The molecule has 4 nitrogen and oxygen atoms in total. The molecule has 1 amide bonds. The van der Waals surface area contributed by atoms with Crippen molar-refractivity contribution in [3.05, 3.63) is 65.2 Å². The predicted molar refractivity (Wildman–Crippen MR) is 80.3 cm³/mol. The lowest BCUT2D eigenvalue weighted by Gasteiger charge is -2.14. The Bertz CT molecular complexity index is 676. The molecule has 2 aromatic rings. The van der Waals surface area contributed by atoms with Crippen LogP contribution >= 0.6 is 0 Å². The number of benzene rings is 2. The lowest BCUT2D eigenvalue weighted by Crippen LogP contribution is -2.29. The van der Waals surface area contributed by atoms with Crippen LogP contribution in [0.1, 0.15) is 16.7 Å². The van der Waals surface area contributed by atoms with E-state index >= 15 is 0 Å². The minimum atomic E-state index is -0.0347. The summed E-state index contributed by atoms with van der Waals surface area (Å²) in [7, 11) is 0. The summed E-state index contributed by atoms with van der Waals surface area (Å²) in [5, 5.41) is 11.6. The molecule has 0 saturated heterocycles. The molecule has 21 heavy (non-hydrogen) atoms. The maximum absolute atomic E-state index is 12.1. The first-order chi connectivity index (χ1) is 10.2. The van der Waals surface area contributed by atoms with Crippen molar-refractivity contribution in [1.82, 2.24) is 4.90 Å². The second-order valence-corrected chi connectivity index (χ2v) is 5.15. The van der Waals surface area contributed by atoms with Gasteiger partial charge in [-0.15, -0.1) is 0 Å². The number of fused-ring (bicyclic) bond motifs is 1. The number of anilines is 1. The van der Waals surface area contributed by atoms with Crippen LogP contribution in [-0.2, 0) is 17.9 Å². The Morgan fingerprint density at radius 3 is 2.29 bits per heavy atom. The van der Waals surface area contributed by atoms with Gasteiger partial charge in [0.1, 0.15) is 0 Å². The fourth-order valence-corrected chi connectivity index (χ4v) is 2.55. The summed E-state index contributed by atoms with van der Waals surface area (Å²) in [5.74, 6) is -0.0347. The van der Waals surface area contributed by atoms with Gasteiger partial charge in [-0.2, -0.15) is 5.26 Å². The van der Waals surface area contributed by atoms with Crippen LogP contribution in [0.5, 0.6) is 0 Å². The smallest absolute Gasteiger partial charge is 0.238 e. The minimum absolute atomic E-state index is 0.0347. The van der Waals surface area contributed by atoms with E-state index in [1.54, 1.807) is 24.3 Å². The van der Waals surface area contributed by atoms with E-state index in [2.05, 4.69) is 28.4 Å². The summed E-state index contributed by atoms with van der Waals surface area (Å²) in [6.07, 6.45) is 0. The number of hydrogen-bond acceptors (Lipinski definition) is 3. The van der Waals surface area contributed by atoms with E-state index in [0.29, 0.717) is 12.1 Å². The molecule has 0 saturated carbocycles. The summed E-state index contributed by atoms with van der Waals surface area (Å²) in [6.45, 7) is 2.00. The number of amides is 1. The molecule has 1 aliphatic rings. The van der Waals surface area contributed by atoms with Crippen molar-refractivity contribution in [2.45, 2.75) is 13.1 Å². The Labute approximate surface area is 123 Å². The zero-order chi connectivity index (χ0) is 14.7. The molecule has 0 aromatic heterocycles. The van der Waals surface area contributed by atoms with Gasteiger partial charge in [0.25, 0.3) is 0 Å². The molecule has 0 bridgehead atoms. The van der Waals surface area contributed by atoms with Gasteiger partial charge >= 0.3 is 0 Å². The van der Waals surface area contributed by atoms with Gasteiger partial charge in [-0.05, 0) is 35.4 Å². The largest absolute Gasteiger partial charge is 0.325 e. The molecular formula is C17H15N3O. The minimum Gasteiger partial charge on any atom is -0.325 e. The van der Waals surface area contributed by atoms with Crippen LogP contribution < -0.4 is 5.32 Å². The van der Waals surface area contributed by atoms with E-state index in [0.717, 1.165) is 18.8 Å². The molecule has 1 heterocycles. The number of nitrogens with zero attached hydrogens (tertiary/aromatic N) is 2. The predicted octanol–water partition coefficient (Wildman–Crippen LogP) is 2.51. The lowest BCUT2D eigenvalue weighted by atomic mass is 10.1. The van der Waals surface area contributed by atoms with Crippen molar-refractivity contribution < 1.29 is 4.79 Å². The molecule has 0 spiro atoms. The van der Waals surface area contributed by atoms with E-state index in [1.807, 2.05) is 12.1 Å². The number of carbonyl (C=O) groups is 1. The standard InChI is InChI=1S/C17H15N3O/c18-9-13-5-7-16(8-6-13)19-17(21)12-20-10-14-3-1-2-4-15(14)11-20/h1-8H,10-12H2,(H,19,21). The quantitative estimate of drug-likeness (QED) is 0.938. The van der Waals surface area contributed by atoms with Gasteiger partial charge in [-0.3, -0.25) is 9.69 Å². The summed E-state index contributed by atoms with van der Waals surface area (Å²) in [6, 6.07) is 17.2. The van der Waals surface area contributed by atoms with Crippen LogP contribution in [0.15, 0.2) is 48.5 Å². The number of nitriles is 1. The zero-order valence-corrected chi connectivity index (χ0v) is 11.5. The molecule has 1 aliphatic heterocycles. The van der Waals surface area contributed by atoms with Gasteiger partial charge in [0.2, 0.25) is 5.91 Å². The van der Waals surface area contributed by atoms with E-state index < -0.39 is 0 Å². The van der Waals surface area contributed by atoms with Crippen LogP contribution in [0.2, 0.25) is 0 Å². The van der Waals surface area contributed by atoms with Crippen LogP contribution in [0.25, 0.3) is 0 Å². The SMILES string of the molecule is N#Cc1ccc(NC(=O)CN2Cc3ccccc3C2)cc1. The van der Waals surface area contributed by atoms with Crippen LogP contribution in [0, 0.1) is 11.3 Å². The summed E-state index contributed by atoms with van der Waals surface area (Å²) in [4.78, 5) is 14.2. The fourth-order valence-electron chi connectivity index (χ4n) is 2.55. The summed E-state index contributed by atoms with van der Waals surface area (Å²) < 4.78 is 0. The third kappa shape index (κ3) is 3.10. The molecule has 0 aliphatic carbocycles. The van der Waals surface area contributed by atoms with Crippen molar-refractivity contribution in [2.75, 3.05) is 11.9 Å². The highest BCUT2D eigenvalue weighted by molar-refractivity contribution is 5.92. The topological polar surface area (TPSA) is 56.1 Å². The second kappa shape index (κ2) is 5.78. The zero-order valence-electron chi connectivity index (χ0n) is 11.5. The van der Waals surface area contributed by atoms with Gasteiger partial charge in [0.05, 0.1) is 18.2 Å². The molecule has 3 rings (SSSR count). The normalized spacial score (nSPS) is 13.5. The molecular weight excluding hydrogens is 262 g/mol. The first kappa shape index (κ1) is 13.3. The number of carbonyl (C=O) groups excluding carboxylic acids is 1. The highest BCUT2D eigenvalue weighted by Gasteiger charge is 2.20. The number of rotatable bonds is 3. The van der Waals surface area contributed by atoms with Crippen LogP contribution in [0.4, 0.5) is 5.69 Å². The summed E-state index contributed by atoms with van der Waals surface area (Å²) >= 11 is 0. The van der Waals surface area contributed by atoms with Crippen molar-refractivity contribution in [3.8, 4) is 6.07 Å². The van der Waals surface area contributed by atoms with Crippen molar-refractivity contribution in [3.63, 3.8) is 0 Å². The van der Waals surface area contributed by atoms with E-state index in [4.69, 9.17) is 5.26 Å². The molecule has 4 heteroatoms. The third-order valence-electron chi connectivity index (χ3n) is 3.57. The molecule has 0 radical (unpaired) electrons. The average molecular weight is 277 g/mol. The Hall–Kier alpha value is -2.64. The van der Waals surface area contributed by atoms with E-state index in [-0.39, 0.29) is 5.91 Å². The number of hydrogen-bond donors (Lipinski definition) is 1. The lowest BCUT2D eigenvalue weighted by molar-refractivity contribution is -0.117. The highest BCUT2D eigenvalue weighted by Crippen LogP contribution is 2.21. The average Bonchev–Trinajstić information content (AvgIpc) is 2.90. The Morgan fingerprint density at radius 2 is 1.71 bits per heavy atom. The van der Waals surface area contributed by atoms with Gasteiger partial charge in [0, 0.05) is 18.8 Å². The number of nitrogens with one attached hydrogen (secondary N) is 1. The monoisotopic (exact) mass is 277 g/mol. The second-order valence-electron chi connectivity index (χ2n) is 5.15. The van der Waals surface area contributed by atoms with Crippen molar-refractivity contribution in [1.29, 1.82) is 5.26 Å². The molecule has 1 N–H and O–H groups in total. The maximum atomic E-state index is 12.1. The van der Waals surface area contributed by atoms with Crippen LogP contribution in [0.3, 0.4) is 0 Å². The Morgan fingerprint density at radius 1 is 1.10 bits per heavy atom. The van der Waals surface area contributed by atoms with E-state index in [9.17, 15) is 4.79 Å². The molecule has 0 unspecified atom stereocenters. The highest BCUT2D eigenvalue weighted by atomic mass is 16.2. The van der Waals surface area contributed by atoms with Gasteiger partial charge in [0.15, 0.2) is 0 Å². The van der Waals surface area contributed by atoms with Crippen molar-refractivity contribution in [2.24, 2.45) is 0 Å². The first-order valence-corrected chi connectivity index (χ1v) is 6.84. The molecule has 0 fully saturated rings. The van der Waals surface area contributed by atoms with E-state index in [1.165, 1.54) is 11.1 Å². The summed E-state index contributed by atoms with van der Waals surface area (Å²) in [5.41, 5.74) is 3.89. The van der Waals surface area contributed by atoms with Crippen LogP contribution in [-0.4, -0.2) is 17.4 Å². The Kier molecular flexibility index (Phi) is 3.67. The van der Waals surface area contributed by atoms with Gasteiger partial charge in [-0.1, -0.05) is 24.3 Å². The molecule has 0 atom stereocenters. The van der Waals surface area contributed by atoms with Gasteiger partial charge < -0.3 is 5.32 Å². The molecule has 104 valence electrons. The fraction of sp³-hybridized carbons (Fsp3) is 0.176. The third-order valence-corrected chi connectivity index (χ3v) is 3.57. The Balaban J connectivity index is 1.57. The molecule has 2 aromatic carbocycles. The van der Waals surface area contributed by atoms with Gasteiger partial charge in [-0.25, -0.2) is 0 Å².